The molecule has 3 rings (SSSR count). The van der Waals surface area contributed by atoms with E-state index in [0.29, 0.717) is 0 Å². The van der Waals surface area contributed by atoms with Crippen LogP contribution < -0.4 is 16.0 Å². The summed E-state index contributed by atoms with van der Waals surface area (Å²) in [5.74, 6) is -3.31. The first kappa shape index (κ1) is 37.9. The maximum Gasteiger partial charge on any atom is 0.328 e. The van der Waals surface area contributed by atoms with E-state index in [2.05, 4.69) is 22.5 Å². The molecule has 0 spiro atoms. The molecule has 48 heavy (non-hydrogen) atoms. The smallest absolute Gasteiger partial charge is 0.328 e. The van der Waals surface area contributed by atoms with E-state index in [1.807, 2.05) is 60.7 Å². The second-order valence-electron chi connectivity index (χ2n) is 11.6. The zero-order valence-electron chi connectivity index (χ0n) is 27.7. The second kappa shape index (κ2) is 20.6. The molecule has 1 aliphatic carbocycles. The fraction of sp³-hybridized carbons (Fsp3) is 0.472. The molecule has 0 saturated heterocycles. The first-order valence-corrected chi connectivity index (χ1v) is 16.3. The van der Waals surface area contributed by atoms with Crippen molar-refractivity contribution in [3.8, 4) is 0 Å². The number of benzene rings is 2. The Hall–Kier alpha value is -4.55. The zero-order valence-corrected chi connectivity index (χ0v) is 27.7. The molecule has 12 heteroatoms. The summed E-state index contributed by atoms with van der Waals surface area (Å²) < 4.78 is 22.2. The molecular weight excluding hydrogens is 618 g/mol. The van der Waals surface area contributed by atoms with Crippen molar-refractivity contribution >= 4 is 29.7 Å². The SMILES string of the molecule is C=CC(=O)N[C@@H](C(=O)N[C@H](COCc1ccccc1)C(=O)N[C@H](CCC(=O)OC1CCCCC1)C(=O)OC)[C@@H](C)OCc1ccccc1. The van der Waals surface area contributed by atoms with Crippen molar-refractivity contribution in [3.05, 3.63) is 84.4 Å². The van der Waals surface area contributed by atoms with E-state index < -0.39 is 53.9 Å². The van der Waals surface area contributed by atoms with Gasteiger partial charge in [0.25, 0.3) is 0 Å². The van der Waals surface area contributed by atoms with Crippen molar-refractivity contribution in [2.24, 2.45) is 0 Å². The van der Waals surface area contributed by atoms with Crippen LogP contribution in [0.1, 0.15) is 63.0 Å². The minimum atomic E-state index is -1.30. The van der Waals surface area contributed by atoms with E-state index in [9.17, 15) is 24.0 Å². The lowest BCUT2D eigenvalue weighted by molar-refractivity contribution is -0.152. The average molecular weight is 666 g/mol. The lowest BCUT2D eigenvalue weighted by Gasteiger charge is -2.27. The maximum atomic E-state index is 13.6. The first-order chi connectivity index (χ1) is 23.2. The predicted octanol–water partition coefficient (Wildman–Crippen LogP) is 3.28. The van der Waals surface area contributed by atoms with Crippen LogP contribution in [0.2, 0.25) is 0 Å². The first-order valence-electron chi connectivity index (χ1n) is 16.3. The van der Waals surface area contributed by atoms with E-state index in [1.54, 1.807) is 6.92 Å². The monoisotopic (exact) mass is 665 g/mol. The van der Waals surface area contributed by atoms with Crippen LogP contribution in [0.4, 0.5) is 0 Å². The van der Waals surface area contributed by atoms with Crippen molar-refractivity contribution < 1.29 is 42.9 Å². The van der Waals surface area contributed by atoms with Crippen molar-refractivity contribution in [2.75, 3.05) is 13.7 Å². The van der Waals surface area contributed by atoms with Gasteiger partial charge in [-0.25, -0.2) is 4.79 Å². The van der Waals surface area contributed by atoms with Crippen LogP contribution in [-0.4, -0.2) is 73.7 Å². The minimum Gasteiger partial charge on any atom is -0.467 e. The van der Waals surface area contributed by atoms with Gasteiger partial charge in [0.1, 0.15) is 24.2 Å². The number of ether oxygens (including phenoxy) is 4. The Labute approximate surface area is 281 Å². The van der Waals surface area contributed by atoms with Gasteiger partial charge in [-0.1, -0.05) is 73.7 Å². The quantitative estimate of drug-likeness (QED) is 0.151. The molecule has 260 valence electrons. The van der Waals surface area contributed by atoms with E-state index in [0.717, 1.165) is 49.3 Å². The van der Waals surface area contributed by atoms with Crippen LogP contribution in [0, 0.1) is 0 Å². The van der Waals surface area contributed by atoms with Gasteiger partial charge < -0.3 is 34.9 Å². The fourth-order valence-corrected chi connectivity index (χ4v) is 5.17. The van der Waals surface area contributed by atoms with Crippen LogP contribution in [-0.2, 0) is 56.1 Å². The predicted molar refractivity (Wildman–Crippen MR) is 177 cm³/mol. The summed E-state index contributed by atoms with van der Waals surface area (Å²) in [5.41, 5.74) is 1.70. The van der Waals surface area contributed by atoms with Gasteiger partial charge in [-0.05, 0) is 56.2 Å². The summed E-state index contributed by atoms with van der Waals surface area (Å²) in [5, 5.41) is 7.81. The molecule has 12 nitrogen and oxygen atoms in total. The molecule has 0 unspecified atom stereocenters. The lowest BCUT2D eigenvalue weighted by atomic mass is 9.98. The third kappa shape index (κ3) is 13.3. The number of hydrogen-bond donors (Lipinski definition) is 3. The molecule has 0 heterocycles. The molecular formula is C36H47N3O9. The number of amides is 3. The van der Waals surface area contributed by atoms with Crippen molar-refractivity contribution in [2.45, 2.75) is 95.4 Å². The van der Waals surface area contributed by atoms with E-state index in [1.165, 1.54) is 7.11 Å². The number of carbonyl (C=O) groups excluding carboxylic acids is 5. The summed E-state index contributed by atoms with van der Waals surface area (Å²) >= 11 is 0. The highest BCUT2D eigenvalue weighted by molar-refractivity contribution is 5.95. The van der Waals surface area contributed by atoms with E-state index >= 15 is 0 Å². The van der Waals surface area contributed by atoms with Crippen LogP contribution in [0.15, 0.2) is 73.3 Å². The summed E-state index contributed by atoms with van der Waals surface area (Å²) in [6.07, 6.45) is 4.57. The number of methoxy groups -OCH3 is 1. The molecule has 0 bridgehead atoms. The molecule has 3 amide bonds. The standard InChI is InChI=1S/C36H47N3O9/c1-4-31(40)39-33(25(2)47-23-27-16-10-6-11-17-27)35(43)38-30(24-46-22-26-14-8-5-9-15-26)34(42)37-29(36(44)45-3)20-21-32(41)48-28-18-12-7-13-19-28/h4-6,8-11,14-17,25,28-30,33H,1,7,12-13,18-24H2,2-3H3,(H,37,42)(H,38,43)(H,39,40)/t25-,29-,30-,33-/m1/s1. The average Bonchev–Trinajstić information content (AvgIpc) is 3.11. The van der Waals surface area contributed by atoms with Crippen LogP contribution in [0.25, 0.3) is 0 Å². The highest BCUT2D eigenvalue weighted by atomic mass is 16.5. The number of nitrogens with one attached hydrogen (secondary N) is 3. The van der Waals surface area contributed by atoms with Gasteiger partial charge in [0.05, 0.1) is 33.0 Å². The van der Waals surface area contributed by atoms with Crippen molar-refractivity contribution in [1.29, 1.82) is 0 Å². The van der Waals surface area contributed by atoms with Gasteiger partial charge in [-0.3, -0.25) is 19.2 Å². The van der Waals surface area contributed by atoms with E-state index in [4.69, 9.17) is 18.9 Å². The molecule has 3 N–H and O–H groups in total. The number of hydrogen-bond acceptors (Lipinski definition) is 9. The number of esters is 2. The Balaban J connectivity index is 1.72. The molecule has 2 aromatic rings. The van der Waals surface area contributed by atoms with Gasteiger partial charge >= 0.3 is 11.9 Å². The van der Waals surface area contributed by atoms with Crippen molar-refractivity contribution in [3.63, 3.8) is 0 Å². The summed E-state index contributed by atoms with van der Waals surface area (Å²) in [7, 11) is 1.17. The molecule has 1 saturated carbocycles. The second-order valence-corrected chi connectivity index (χ2v) is 11.6. The Kier molecular flexibility index (Phi) is 16.3. The van der Waals surface area contributed by atoms with Crippen LogP contribution >= 0.6 is 0 Å². The molecule has 4 atom stereocenters. The topological polar surface area (TPSA) is 158 Å². The minimum absolute atomic E-state index is 0.0715. The lowest BCUT2D eigenvalue weighted by Crippen LogP contribution is -2.59. The molecule has 1 fully saturated rings. The molecule has 1 aliphatic rings. The highest BCUT2D eigenvalue weighted by Gasteiger charge is 2.33. The van der Waals surface area contributed by atoms with Crippen molar-refractivity contribution in [1.82, 2.24) is 16.0 Å². The van der Waals surface area contributed by atoms with Gasteiger partial charge in [0.15, 0.2) is 0 Å². The Bertz CT molecular complexity index is 1330. The number of carbonyl (C=O) groups is 5. The fourth-order valence-electron chi connectivity index (χ4n) is 5.17. The largest absolute Gasteiger partial charge is 0.467 e. The molecule has 0 aromatic heterocycles. The zero-order chi connectivity index (χ0) is 34.7. The highest BCUT2D eigenvalue weighted by Crippen LogP contribution is 2.21. The third-order valence-electron chi connectivity index (χ3n) is 7.91. The summed E-state index contributed by atoms with van der Waals surface area (Å²) in [6.45, 7) is 5.12. The van der Waals surface area contributed by atoms with Crippen LogP contribution in [0.3, 0.4) is 0 Å². The van der Waals surface area contributed by atoms with Gasteiger partial charge in [0, 0.05) is 6.42 Å². The molecule has 0 aliphatic heterocycles. The third-order valence-corrected chi connectivity index (χ3v) is 7.91. The Morgan fingerprint density at radius 1 is 0.833 bits per heavy atom. The Morgan fingerprint density at radius 3 is 2.04 bits per heavy atom. The van der Waals surface area contributed by atoms with E-state index in [-0.39, 0.29) is 38.8 Å². The molecule has 2 aromatic carbocycles. The maximum absolute atomic E-state index is 13.6. The summed E-state index contributed by atoms with van der Waals surface area (Å²) in [4.78, 5) is 64.8. The normalized spacial score (nSPS) is 15.5. The van der Waals surface area contributed by atoms with Gasteiger partial charge in [-0.15, -0.1) is 0 Å². The summed E-state index contributed by atoms with van der Waals surface area (Å²) in [6, 6.07) is 14.8. The molecule has 0 radical (unpaired) electrons. The van der Waals surface area contributed by atoms with Gasteiger partial charge in [-0.2, -0.15) is 0 Å². The Morgan fingerprint density at radius 2 is 1.44 bits per heavy atom. The van der Waals surface area contributed by atoms with Crippen LogP contribution in [0.5, 0.6) is 0 Å². The number of rotatable bonds is 19. The van der Waals surface area contributed by atoms with Gasteiger partial charge in [0.2, 0.25) is 17.7 Å².